The summed E-state index contributed by atoms with van der Waals surface area (Å²) in [5, 5.41) is 12.5. The molecule has 0 amide bonds. The highest BCUT2D eigenvalue weighted by Crippen LogP contribution is 1.93. The quantitative estimate of drug-likeness (QED) is 0.445. The molecule has 0 aliphatic carbocycles. The molecule has 0 bridgehead atoms. The Hall–Kier alpha value is -0.560. The molecule has 82 valence electrons. The lowest BCUT2D eigenvalue weighted by molar-refractivity contribution is 0.0263. The van der Waals surface area contributed by atoms with Crippen LogP contribution < -0.4 is 5.32 Å². The molecular formula is C11H21NO2. The largest absolute Gasteiger partial charge is 0.389 e. The average molecular weight is 199 g/mol. The first-order valence-corrected chi connectivity index (χ1v) is 5.06. The second kappa shape index (κ2) is 9.01. The predicted octanol–water partition coefficient (Wildman–Crippen LogP) is 0.633. The van der Waals surface area contributed by atoms with Crippen molar-refractivity contribution in [3.05, 3.63) is 0 Å². The van der Waals surface area contributed by atoms with Crippen LogP contribution in [0.2, 0.25) is 0 Å². The van der Waals surface area contributed by atoms with Gasteiger partial charge >= 0.3 is 0 Å². The van der Waals surface area contributed by atoms with Crippen LogP contribution in [0.5, 0.6) is 0 Å². The summed E-state index contributed by atoms with van der Waals surface area (Å²) < 4.78 is 5.28. The average Bonchev–Trinajstić information content (AvgIpc) is 2.12. The van der Waals surface area contributed by atoms with E-state index in [0.717, 1.165) is 6.54 Å². The minimum atomic E-state index is -0.438. The first-order chi connectivity index (χ1) is 6.66. The highest BCUT2D eigenvalue weighted by molar-refractivity contribution is 4.84. The maximum atomic E-state index is 9.42. The molecule has 0 heterocycles. The summed E-state index contributed by atoms with van der Waals surface area (Å²) in [6, 6.07) is 0. The molecule has 1 unspecified atom stereocenters. The molecule has 0 fully saturated rings. The standard InChI is InChI=1S/C11H21NO2/c1-4-5-6-12-7-11(13)9-14-8-10(2)3/h1,10-13H,5-9H2,2-3H3. The fourth-order valence-electron chi connectivity index (χ4n) is 0.928. The van der Waals surface area contributed by atoms with Gasteiger partial charge in [0.25, 0.3) is 0 Å². The maximum absolute atomic E-state index is 9.42. The van der Waals surface area contributed by atoms with Crippen molar-refractivity contribution in [1.82, 2.24) is 5.32 Å². The van der Waals surface area contributed by atoms with E-state index in [1.165, 1.54) is 0 Å². The molecular weight excluding hydrogens is 178 g/mol. The molecule has 1 atom stereocenters. The molecule has 0 rings (SSSR count). The summed E-state index contributed by atoms with van der Waals surface area (Å²) in [5.41, 5.74) is 0. The third-order valence-corrected chi connectivity index (χ3v) is 1.59. The number of aliphatic hydroxyl groups excluding tert-OH is 1. The lowest BCUT2D eigenvalue weighted by Crippen LogP contribution is -2.31. The van der Waals surface area contributed by atoms with Crippen LogP contribution in [0.3, 0.4) is 0 Å². The van der Waals surface area contributed by atoms with E-state index in [2.05, 4.69) is 25.1 Å². The minimum absolute atomic E-state index is 0.390. The van der Waals surface area contributed by atoms with Crippen molar-refractivity contribution in [2.45, 2.75) is 26.4 Å². The fourth-order valence-corrected chi connectivity index (χ4v) is 0.928. The van der Waals surface area contributed by atoms with Crippen molar-refractivity contribution in [3.63, 3.8) is 0 Å². The Morgan fingerprint density at radius 2 is 2.14 bits per heavy atom. The van der Waals surface area contributed by atoms with Gasteiger partial charge < -0.3 is 15.2 Å². The van der Waals surface area contributed by atoms with E-state index in [1.54, 1.807) is 0 Å². The molecule has 0 saturated carbocycles. The highest BCUT2D eigenvalue weighted by atomic mass is 16.5. The summed E-state index contributed by atoms with van der Waals surface area (Å²) in [4.78, 5) is 0. The number of nitrogens with one attached hydrogen (secondary N) is 1. The molecule has 0 radical (unpaired) electrons. The number of hydrogen-bond donors (Lipinski definition) is 2. The number of ether oxygens (including phenoxy) is 1. The Kier molecular flexibility index (Phi) is 8.65. The van der Waals surface area contributed by atoms with E-state index in [4.69, 9.17) is 11.2 Å². The highest BCUT2D eigenvalue weighted by Gasteiger charge is 2.03. The second-order valence-electron chi connectivity index (χ2n) is 3.74. The van der Waals surface area contributed by atoms with Gasteiger partial charge in [0.1, 0.15) is 0 Å². The molecule has 2 N–H and O–H groups in total. The van der Waals surface area contributed by atoms with Gasteiger partial charge in [0.15, 0.2) is 0 Å². The van der Waals surface area contributed by atoms with Gasteiger partial charge in [0.05, 0.1) is 12.7 Å². The van der Waals surface area contributed by atoms with Crippen molar-refractivity contribution >= 4 is 0 Å². The van der Waals surface area contributed by atoms with Gasteiger partial charge in [-0.1, -0.05) is 13.8 Å². The SMILES string of the molecule is C#CCCNCC(O)COCC(C)C. The maximum Gasteiger partial charge on any atom is 0.0897 e. The van der Waals surface area contributed by atoms with Crippen LogP contribution in [0, 0.1) is 18.3 Å². The Bertz CT molecular complexity index is 163. The molecule has 3 heteroatoms. The third kappa shape index (κ3) is 9.53. The zero-order valence-corrected chi connectivity index (χ0v) is 9.12. The van der Waals surface area contributed by atoms with Crippen molar-refractivity contribution in [2.24, 2.45) is 5.92 Å². The summed E-state index contributed by atoms with van der Waals surface area (Å²) in [6.07, 6.45) is 5.34. The summed E-state index contributed by atoms with van der Waals surface area (Å²) in [5.74, 6) is 3.03. The van der Waals surface area contributed by atoms with Crippen LogP contribution in [0.1, 0.15) is 20.3 Å². The second-order valence-corrected chi connectivity index (χ2v) is 3.74. The van der Waals surface area contributed by atoms with Gasteiger partial charge in [0.2, 0.25) is 0 Å². The van der Waals surface area contributed by atoms with E-state index < -0.39 is 6.10 Å². The van der Waals surface area contributed by atoms with Crippen LogP contribution in [0.4, 0.5) is 0 Å². The van der Waals surface area contributed by atoms with Crippen molar-refractivity contribution in [1.29, 1.82) is 0 Å². The zero-order chi connectivity index (χ0) is 10.8. The molecule has 3 nitrogen and oxygen atoms in total. The molecule has 0 aromatic heterocycles. The van der Waals surface area contributed by atoms with Crippen LogP contribution in [-0.4, -0.2) is 37.5 Å². The molecule has 0 aromatic rings. The van der Waals surface area contributed by atoms with E-state index in [9.17, 15) is 5.11 Å². The Balaban J connectivity index is 3.20. The number of aliphatic hydroxyl groups is 1. The summed E-state index contributed by atoms with van der Waals surface area (Å²) in [7, 11) is 0. The summed E-state index contributed by atoms with van der Waals surface area (Å²) in [6.45, 7) is 6.54. The molecule has 0 aliphatic rings. The van der Waals surface area contributed by atoms with E-state index >= 15 is 0 Å². The van der Waals surface area contributed by atoms with Crippen LogP contribution in [-0.2, 0) is 4.74 Å². The van der Waals surface area contributed by atoms with E-state index in [1.807, 2.05) is 0 Å². The number of hydrogen-bond acceptors (Lipinski definition) is 3. The minimum Gasteiger partial charge on any atom is -0.389 e. The van der Waals surface area contributed by atoms with Gasteiger partial charge in [-0.25, -0.2) is 0 Å². The van der Waals surface area contributed by atoms with Crippen LogP contribution >= 0.6 is 0 Å². The Labute approximate surface area is 86.8 Å². The Morgan fingerprint density at radius 1 is 1.43 bits per heavy atom. The van der Waals surface area contributed by atoms with E-state index in [0.29, 0.717) is 32.1 Å². The van der Waals surface area contributed by atoms with Crippen molar-refractivity contribution in [2.75, 3.05) is 26.3 Å². The lowest BCUT2D eigenvalue weighted by Gasteiger charge is -2.12. The normalized spacial score (nSPS) is 12.8. The zero-order valence-electron chi connectivity index (χ0n) is 9.12. The first kappa shape index (κ1) is 13.4. The first-order valence-electron chi connectivity index (χ1n) is 5.06. The van der Waals surface area contributed by atoms with Crippen molar-refractivity contribution < 1.29 is 9.84 Å². The van der Waals surface area contributed by atoms with Gasteiger partial charge in [-0.3, -0.25) is 0 Å². The Morgan fingerprint density at radius 3 is 2.71 bits per heavy atom. The monoisotopic (exact) mass is 199 g/mol. The van der Waals surface area contributed by atoms with Crippen molar-refractivity contribution in [3.8, 4) is 12.3 Å². The smallest absolute Gasteiger partial charge is 0.0897 e. The topological polar surface area (TPSA) is 41.5 Å². The lowest BCUT2D eigenvalue weighted by atomic mass is 10.2. The fraction of sp³-hybridized carbons (Fsp3) is 0.818. The third-order valence-electron chi connectivity index (χ3n) is 1.59. The number of rotatable bonds is 8. The molecule has 0 spiro atoms. The van der Waals surface area contributed by atoms with E-state index in [-0.39, 0.29) is 0 Å². The van der Waals surface area contributed by atoms with Gasteiger partial charge in [0, 0.05) is 26.1 Å². The van der Waals surface area contributed by atoms with Gasteiger partial charge in [-0.05, 0) is 5.92 Å². The molecule has 0 aromatic carbocycles. The summed E-state index contributed by atoms with van der Waals surface area (Å²) >= 11 is 0. The van der Waals surface area contributed by atoms with Crippen LogP contribution in [0.15, 0.2) is 0 Å². The molecule has 0 aliphatic heterocycles. The van der Waals surface area contributed by atoms with Gasteiger partial charge in [-0.15, -0.1) is 12.3 Å². The number of terminal acetylenes is 1. The van der Waals surface area contributed by atoms with Gasteiger partial charge in [-0.2, -0.15) is 0 Å². The predicted molar refractivity (Wildman–Crippen MR) is 58.0 cm³/mol. The molecule has 14 heavy (non-hydrogen) atoms. The van der Waals surface area contributed by atoms with Crippen LogP contribution in [0.25, 0.3) is 0 Å². The molecule has 0 saturated heterocycles.